The monoisotopic (exact) mass is 355 g/mol. The fourth-order valence-corrected chi connectivity index (χ4v) is 3.02. The lowest BCUT2D eigenvalue weighted by Crippen LogP contribution is -2.42. The van der Waals surface area contributed by atoms with Gasteiger partial charge in [0, 0.05) is 17.2 Å². The van der Waals surface area contributed by atoms with Crippen molar-refractivity contribution in [2.75, 3.05) is 0 Å². The zero-order valence-electron chi connectivity index (χ0n) is 15.8. The summed E-state index contributed by atoms with van der Waals surface area (Å²) in [6.45, 7) is 6.58. The molecule has 27 heavy (non-hydrogen) atoms. The van der Waals surface area contributed by atoms with Crippen LogP contribution in [0.4, 0.5) is 5.69 Å². The van der Waals surface area contributed by atoms with Crippen molar-refractivity contribution < 1.29 is 9.31 Å². The Bertz CT molecular complexity index is 977. The Labute approximate surface area is 160 Å². The van der Waals surface area contributed by atoms with Gasteiger partial charge in [-0.25, -0.2) is 0 Å². The highest BCUT2D eigenvalue weighted by molar-refractivity contribution is 6.62. The van der Waals surface area contributed by atoms with Crippen LogP contribution in [0.3, 0.4) is 0 Å². The van der Waals surface area contributed by atoms with Gasteiger partial charge >= 0.3 is 7.12 Å². The summed E-state index contributed by atoms with van der Waals surface area (Å²) in [6.07, 6.45) is 1.84. The maximum Gasteiger partial charge on any atom is 0.632 e. The Morgan fingerprint density at radius 1 is 0.778 bits per heavy atom. The zero-order chi connectivity index (χ0) is 18.9. The van der Waals surface area contributed by atoms with Gasteiger partial charge in [0.15, 0.2) is 0 Å². The van der Waals surface area contributed by atoms with E-state index in [1.165, 1.54) is 5.56 Å². The normalized spacial score (nSPS) is 13.4. The van der Waals surface area contributed by atoms with E-state index in [4.69, 9.17) is 14.3 Å². The van der Waals surface area contributed by atoms with E-state index in [2.05, 4.69) is 32.9 Å². The molecular weight excluding hydrogens is 333 g/mol. The number of para-hydroxylation sites is 1. The fourth-order valence-electron chi connectivity index (χ4n) is 3.02. The average Bonchev–Trinajstić information content (AvgIpc) is 2.74. The summed E-state index contributed by atoms with van der Waals surface area (Å²) >= 11 is 0. The first-order valence-electron chi connectivity index (χ1n) is 9.16. The summed E-state index contributed by atoms with van der Waals surface area (Å²) < 4.78 is 12.5. The summed E-state index contributed by atoms with van der Waals surface area (Å²) in [4.78, 5) is 4.72. The Morgan fingerprint density at radius 3 is 2.26 bits per heavy atom. The number of nitrogens with zero attached hydrogens (tertiary/aromatic N) is 1. The molecule has 0 saturated heterocycles. The van der Waals surface area contributed by atoms with Crippen molar-refractivity contribution >= 4 is 24.5 Å². The van der Waals surface area contributed by atoms with E-state index in [1.807, 2.05) is 66.9 Å². The molecule has 0 amide bonds. The molecule has 0 unspecified atom stereocenters. The molecule has 0 aromatic heterocycles. The minimum Gasteiger partial charge on any atom is -0.521 e. The lowest BCUT2D eigenvalue weighted by Gasteiger charge is -2.21. The molecule has 3 nitrogen and oxygen atoms in total. The average molecular weight is 355 g/mol. The zero-order valence-corrected chi connectivity index (χ0v) is 15.8. The van der Waals surface area contributed by atoms with E-state index >= 15 is 0 Å². The summed E-state index contributed by atoms with van der Waals surface area (Å²) in [5, 5.41) is 0. The number of aliphatic imine (C=N–C) groups is 1. The van der Waals surface area contributed by atoms with Crippen LogP contribution in [0, 0.1) is 0 Å². The topological polar surface area (TPSA) is 30.8 Å². The summed E-state index contributed by atoms with van der Waals surface area (Å²) in [7, 11) is -0.548. The molecule has 0 atom stereocenters. The van der Waals surface area contributed by atoms with E-state index in [-0.39, 0.29) is 5.41 Å². The van der Waals surface area contributed by atoms with Gasteiger partial charge < -0.3 is 9.31 Å². The molecule has 3 aromatic carbocycles. The number of rotatable bonds is 1. The van der Waals surface area contributed by atoms with Gasteiger partial charge in [0.25, 0.3) is 0 Å². The van der Waals surface area contributed by atoms with Crippen LogP contribution in [0.2, 0.25) is 0 Å². The molecule has 1 aliphatic rings. The second-order valence-corrected chi connectivity index (χ2v) is 7.71. The minimum atomic E-state index is -0.548. The number of hydrogen-bond acceptors (Lipinski definition) is 3. The molecule has 0 aliphatic carbocycles. The first-order valence-corrected chi connectivity index (χ1v) is 9.16. The van der Waals surface area contributed by atoms with Crippen LogP contribution >= 0.6 is 0 Å². The van der Waals surface area contributed by atoms with Crippen molar-refractivity contribution in [3.05, 3.63) is 83.9 Å². The Kier molecular flexibility index (Phi) is 4.48. The first-order chi connectivity index (χ1) is 13.0. The van der Waals surface area contributed by atoms with Crippen molar-refractivity contribution in [2.24, 2.45) is 4.99 Å². The third kappa shape index (κ3) is 3.75. The first kappa shape index (κ1) is 17.4. The fraction of sp³-hybridized carbons (Fsp3) is 0.174. The molecule has 0 fully saturated rings. The molecule has 134 valence electrons. The molecule has 1 heterocycles. The Morgan fingerprint density at radius 2 is 1.48 bits per heavy atom. The van der Waals surface area contributed by atoms with E-state index in [0.717, 1.165) is 22.5 Å². The Balaban J connectivity index is 1.84. The minimum absolute atomic E-state index is 0.0379. The van der Waals surface area contributed by atoms with Gasteiger partial charge in [-0.3, -0.25) is 4.99 Å². The van der Waals surface area contributed by atoms with Crippen LogP contribution in [0.15, 0.2) is 77.8 Å². The maximum atomic E-state index is 6.29. The second-order valence-electron chi connectivity index (χ2n) is 7.71. The highest BCUT2D eigenvalue weighted by atomic mass is 16.6. The predicted molar refractivity (Wildman–Crippen MR) is 112 cm³/mol. The lowest BCUT2D eigenvalue weighted by atomic mass is 9.78. The van der Waals surface area contributed by atoms with Gasteiger partial charge in [0.1, 0.15) is 17.2 Å². The summed E-state index contributed by atoms with van der Waals surface area (Å²) in [5.74, 6) is 1.46. The largest absolute Gasteiger partial charge is 0.632 e. The maximum absolute atomic E-state index is 6.29. The van der Waals surface area contributed by atoms with Gasteiger partial charge in [-0.2, -0.15) is 0 Å². The highest BCUT2D eigenvalue weighted by Crippen LogP contribution is 2.35. The molecule has 1 aliphatic heterocycles. The van der Waals surface area contributed by atoms with Crippen LogP contribution in [0.1, 0.15) is 31.9 Å². The molecule has 4 rings (SSSR count). The third-order valence-electron chi connectivity index (χ3n) is 4.63. The molecule has 4 heteroatoms. The van der Waals surface area contributed by atoms with E-state index < -0.39 is 7.12 Å². The van der Waals surface area contributed by atoms with Gasteiger partial charge in [0.2, 0.25) is 0 Å². The molecule has 0 N–H and O–H groups in total. The van der Waals surface area contributed by atoms with Crippen molar-refractivity contribution in [1.29, 1.82) is 0 Å². The highest BCUT2D eigenvalue weighted by Gasteiger charge is 2.29. The quantitative estimate of drug-likeness (QED) is 0.581. The van der Waals surface area contributed by atoms with E-state index in [9.17, 15) is 0 Å². The number of fused-ring (bicyclic) bond motifs is 2. The van der Waals surface area contributed by atoms with Crippen LogP contribution in [-0.4, -0.2) is 13.3 Å². The second kappa shape index (κ2) is 6.95. The predicted octanol–water partition coefficient (Wildman–Crippen LogP) is 4.90. The molecular formula is C23H22BNO2. The molecule has 3 aromatic rings. The smallest absolute Gasteiger partial charge is 0.521 e. The van der Waals surface area contributed by atoms with Gasteiger partial charge in [-0.05, 0) is 35.2 Å². The number of benzene rings is 3. The van der Waals surface area contributed by atoms with E-state index in [1.54, 1.807) is 0 Å². The molecule has 0 bridgehead atoms. The van der Waals surface area contributed by atoms with Crippen LogP contribution in [-0.2, 0) is 5.41 Å². The van der Waals surface area contributed by atoms with Gasteiger partial charge in [-0.1, -0.05) is 69.3 Å². The Hall–Kier alpha value is -3.01. The third-order valence-corrected chi connectivity index (χ3v) is 4.63. The van der Waals surface area contributed by atoms with E-state index in [0.29, 0.717) is 5.75 Å². The standard InChI is InChI=1S/C23H22BNO2/c1-23(2,3)18-13-14-22-20(15-18)25-16-17-9-7-8-12-21(17)26-24(27-22)19-10-5-4-6-11-19/h4-16H,1-3H3. The summed E-state index contributed by atoms with van der Waals surface area (Å²) in [5.41, 5.74) is 3.95. The van der Waals surface area contributed by atoms with Crippen molar-refractivity contribution in [2.45, 2.75) is 26.2 Å². The van der Waals surface area contributed by atoms with Gasteiger partial charge in [-0.15, -0.1) is 0 Å². The molecule has 0 saturated carbocycles. The molecule has 0 spiro atoms. The van der Waals surface area contributed by atoms with Crippen LogP contribution in [0.5, 0.6) is 11.5 Å². The van der Waals surface area contributed by atoms with Crippen LogP contribution in [0.25, 0.3) is 0 Å². The summed E-state index contributed by atoms with van der Waals surface area (Å²) in [6, 6.07) is 24.0. The van der Waals surface area contributed by atoms with Crippen molar-refractivity contribution in [3.8, 4) is 11.5 Å². The van der Waals surface area contributed by atoms with Crippen molar-refractivity contribution in [3.63, 3.8) is 0 Å². The number of hydrogen-bond donors (Lipinski definition) is 0. The molecule has 0 radical (unpaired) electrons. The lowest BCUT2D eigenvalue weighted by molar-refractivity contribution is 0.440. The van der Waals surface area contributed by atoms with Crippen molar-refractivity contribution in [1.82, 2.24) is 0 Å². The van der Waals surface area contributed by atoms with Crippen LogP contribution < -0.4 is 14.8 Å². The SMILES string of the molecule is CC(C)(C)c1ccc2c(c1)N=Cc1ccccc1OB(c1ccccc1)O2. The van der Waals surface area contributed by atoms with Gasteiger partial charge in [0.05, 0.1) is 0 Å².